The van der Waals surface area contributed by atoms with Crippen LogP contribution in [0.3, 0.4) is 0 Å². The molecule has 3 nitrogen and oxygen atoms in total. The summed E-state index contributed by atoms with van der Waals surface area (Å²) in [5.74, 6) is 0.876. The topological polar surface area (TPSA) is 60.7 Å². The van der Waals surface area contributed by atoms with E-state index in [0.717, 1.165) is 17.5 Å². The summed E-state index contributed by atoms with van der Waals surface area (Å²) in [5.41, 5.74) is 2.22. The maximum Gasteiger partial charge on any atom is 0.119 e. The summed E-state index contributed by atoms with van der Waals surface area (Å²) in [6.45, 7) is 10.4. The fourth-order valence-electron chi connectivity index (χ4n) is 3.15. The van der Waals surface area contributed by atoms with Gasteiger partial charge in [-0.1, -0.05) is 46.8 Å². The van der Waals surface area contributed by atoms with E-state index in [-0.39, 0.29) is 23.2 Å². The van der Waals surface area contributed by atoms with Crippen molar-refractivity contribution in [3.63, 3.8) is 0 Å². The molecule has 0 heterocycles. The van der Waals surface area contributed by atoms with Crippen LogP contribution in [-0.4, -0.2) is 15.3 Å². The van der Waals surface area contributed by atoms with Crippen molar-refractivity contribution >= 4 is 0 Å². The van der Waals surface area contributed by atoms with Crippen LogP contribution in [0.4, 0.5) is 0 Å². The van der Waals surface area contributed by atoms with Crippen molar-refractivity contribution in [1.82, 2.24) is 0 Å². The van der Waals surface area contributed by atoms with Crippen LogP contribution in [0.1, 0.15) is 69.6 Å². The molecular formula is C21H28O3. The first-order valence-electron chi connectivity index (χ1n) is 8.53. The first kappa shape index (κ1) is 18.2. The number of rotatable bonds is 5. The molecule has 0 saturated carbocycles. The maximum atomic E-state index is 10.6. The highest BCUT2D eigenvalue weighted by molar-refractivity contribution is 5.47. The third kappa shape index (κ3) is 3.35. The summed E-state index contributed by atoms with van der Waals surface area (Å²) in [7, 11) is 0. The minimum absolute atomic E-state index is 0.0926. The molecule has 24 heavy (non-hydrogen) atoms. The van der Waals surface area contributed by atoms with Gasteiger partial charge in [0.25, 0.3) is 0 Å². The lowest BCUT2D eigenvalue weighted by atomic mass is 9.70. The van der Waals surface area contributed by atoms with Crippen LogP contribution in [0.5, 0.6) is 17.2 Å². The second kappa shape index (κ2) is 6.76. The summed E-state index contributed by atoms with van der Waals surface area (Å²) < 4.78 is 0. The van der Waals surface area contributed by atoms with E-state index in [9.17, 15) is 15.3 Å². The molecule has 2 atom stereocenters. The van der Waals surface area contributed by atoms with Crippen LogP contribution in [-0.2, 0) is 5.41 Å². The van der Waals surface area contributed by atoms with Gasteiger partial charge in [0.05, 0.1) is 0 Å². The van der Waals surface area contributed by atoms with Crippen LogP contribution < -0.4 is 0 Å². The van der Waals surface area contributed by atoms with Gasteiger partial charge in [-0.3, -0.25) is 0 Å². The van der Waals surface area contributed by atoms with Crippen molar-refractivity contribution < 1.29 is 15.3 Å². The lowest BCUT2D eigenvalue weighted by molar-refractivity contribution is 0.381. The molecule has 0 fully saturated rings. The van der Waals surface area contributed by atoms with Gasteiger partial charge in [0.2, 0.25) is 0 Å². The largest absolute Gasteiger partial charge is 0.508 e. The summed E-state index contributed by atoms with van der Waals surface area (Å²) in [4.78, 5) is 0. The number of hydrogen-bond acceptors (Lipinski definition) is 3. The molecule has 0 radical (unpaired) electrons. The molecular weight excluding hydrogens is 300 g/mol. The molecule has 0 amide bonds. The minimum Gasteiger partial charge on any atom is -0.508 e. The molecule has 2 rings (SSSR count). The van der Waals surface area contributed by atoms with Crippen molar-refractivity contribution in [2.45, 2.75) is 58.3 Å². The van der Waals surface area contributed by atoms with Gasteiger partial charge >= 0.3 is 0 Å². The Bertz CT molecular complexity index is 719. The Morgan fingerprint density at radius 3 is 2.17 bits per heavy atom. The standard InChI is InChI=1S/C21H28O3/c1-6-13(2)15-7-9-18(20(24)11-15)21(4,5)14(3)17-12-16(22)8-10-19(17)23/h7-14,22-24H,6H2,1-5H3. The molecule has 0 saturated heterocycles. The fraction of sp³-hybridized carbons (Fsp3) is 0.429. The average Bonchev–Trinajstić information content (AvgIpc) is 2.55. The molecule has 2 unspecified atom stereocenters. The summed E-state index contributed by atoms with van der Waals surface area (Å²) in [6.07, 6.45) is 1.02. The predicted molar refractivity (Wildman–Crippen MR) is 98.0 cm³/mol. The van der Waals surface area contributed by atoms with Gasteiger partial charge in [-0.15, -0.1) is 0 Å². The Morgan fingerprint density at radius 1 is 0.917 bits per heavy atom. The first-order chi connectivity index (χ1) is 11.2. The molecule has 0 spiro atoms. The second-order valence-corrected chi connectivity index (χ2v) is 7.27. The van der Waals surface area contributed by atoms with Gasteiger partial charge in [-0.2, -0.15) is 0 Å². The van der Waals surface area contributed by atoms with Gasteiger partial charge in [0.15, 0.2) is 0 Å². The highest BCUT2D eigenvalue weighted by Gasteiger charge is 2.33. The number of aromatic hydroxyl groups is 3. The van der Waals surface area contributed by atoms with Crippen molar-refractivity contribution in [2.75, 3.05) is 0 Å². The second-order valence-electron chi connectivity index (χ2n) is 7.27. The molecule has 3 N–H and O–H groups in total. The highest BCUT2D eigenvalue weighted by Crippen LogP contribution is 2.45. The zero-order valence-corrected chi connectivity index (χ0v) is 15.2. The molecule has 0 aliphatic rings. The number of phenols is 3. The van der Waals surface area contributed by atoms with Crippen LogP contribution >= 0.6 is 0 Å². The highest BCUT2D eigenvalue weighted by atomic mass is 16.3. The summed E-state index contributed by atoms with van der Waals surface area (Å²) >= 11 is 0. The van der Waals surface area contributed by atoms with Gasteiger partial charge < -0.3 is 15.3 Å². The Hall–Kier alpha value is -2.16. The predicted octanol–water partition coefficient (Wildman–Crippen LogP) is 5.40. The monoisotopic (exact) mass is 328 g/mol. The third-order valence-corrected chi connectivity index (χ3v) is 5.46. The van der Waals surface area contributed by atoms with Gasteiger partial charge in [0.1, 0.15) is 17.2 Å². The molecule has 0 aromatic heterocycles. The third-order valence-electron chi connectivity index (χ3n) is 5.46. The Morgan fingerprint density at radius 2 is 1.58 bits per heavy atom. The first-order valence-corrected chi connectivity index (χ1v) is 8.53. The molecule has 2 aromatic rings. The zero-order valence-electron chi connectivity index (χ0n) is 15.2. The summed E-state index contributed by atoms with van der Waals surface area (Å²) in [6, 6.07) is 10.5. The van der Waals surface area contributed by atoms with Crippen LogP contribution in [0.15, 0.2) is 36.4 Å². The van der Waals surface area contributed by atoms with E-state index >= 15 is 0 Å². The fourth-order valence-corrected chi connectivity index (χ4v) is 3.15. The van der Waals surface area contributed by atoms with E-state index in [1.54, 1.807) is 6.07 Å². The zero-order chi connectivity index (χ0) is 18.1. The maximum absolute atomic E-state index is 10.6. The Balaban J connectivity index is 2.44. The minimum atomic E-state index is -0.413. The molecule has 0 bridgehead atoms. The number of phenolic OH excluding ortho intramolecular Hbond substituents is 3. The average molecular weight is 328 g/mol. The van der Waals surface area contributed by atoms with E-state index in [1.807, 2.05) is 32.9 Å². The van der Waals surface area contributed by atoms with E-state index in [0.29, 0.717) is 11.5 Å². The quantitative estimate of drug-likeness (QED) is 0.644. The van der Waals surface area contributed by atoms with Crippen LogP contribution in [0, 0.1) is 0 Å². The molecule has 0 aliphatic carbocycles. The van der Waals surface area contributed by atoms with Gasteiger partial charge in [-0.05, 0) is 48.1 Å². The molecule has 0 aliphatic heterocycles. The van der Waals surface area contributed by atoms with E-state index in [2.05, 4.69) is 19.9 Å². The van der Waals surface area contributed by atoms with Crippen LogP contribution in [0.2, 0.25) is 0 Å². The van der Waals surface area contributed by atoms with Crippen molar-refractivity contribution in [3.8, 4) is 17.2 Å². The van der Waals surface area contributed by atoms with Crippen LogP contribution in [0.25, 0.3) is 0 Å². The van der Waals surface area contributed by atoms with E-state index in [1.165, 1.54) is 12.1 Å². The van der Waals surface area contributed by atoms with Crippen molar-refractivity contribution in [1.29, 1.82) is 0 Å². The molecule has 130 valence electrons. The smallest absolute Gasteiger partial charge is 0.119 e. The van der Waals surface area contributed by atoms with E-state index in [4.69, 9.17) is 0 Å². The number of hydrogen-bond donors (Lipinski definition) is 3. The summed E-state index contributed by atoms with van der Waals surface area (Å²) in [5, 5.41) is 30.5. The number of benzene rings is 2. The van der Waals surface area contributed by atoms with E-state index < -0.39 is 5.41 Å². The lowest BCUT2D eigenvalue weighted by Crippen LogP contribution is -2.25. The van der Waals surface area contributed by atoms with Crippen molar-refractivity contribution in [3.05, 3.63) is 53.1 Å². The Kier molecular flexibility index (Phi) is 5.12. The normalized spacial score (nSPS) is 14.4. The van der Waals surface area contributed by atoms with Gasteiger partial charge in [0, 0.05) is 16.5 Å². The molecule has 2 aromatic carbocycles. The van der Waals surface area contributed by atoms with Crippen molar-refractivity contribution in [2.24, 2.45) is 0 Å². The Labute approximate surface area is 144 Å². The molecule has 3 heteroatoms. The van der Waals surface area contributed by atoms with Gasteiger partial charge in [-0.25, -0.2) is 0 Å². The lowest BCUT2D eigenvalue weighted by Gasteiger charge is -2.34. The SMILES string of the molecule is CCC(C)c1ccc(C(C)(C)C(C)c2cc(O)ccc2O)c(O)c1.